The third kappa shape index (κ3) is 3.51. The summed E-state index contributed by atoms with van der Waals surface area (Å²) in [5.74, 6) is -1.26. The Hall–Kier alpha value is -2.98. The minimum atomic E-state index is -0.637. The van der Waals surface area contributed by atoms with E-state index in [-0.39, 0.29) is 17.2 Å². The van der Waals surface area contributed by atoms with Crippen LogP contribution < -0.4 is 5.32 Å². The maximum Gasteiger partial charge on any atom is 0.389 e. The van der Waals surface area contributed by atoms with Crippen LogP contribution >= 0.6 is 22.9 Å². The first kappa shape index (κ1) is 17.8. The van der Waals surface area contributed by atoms with E-state index in [2.05, 4.69) is 15.2 Å². The quantitative estimate of drug-likeness (QED) is 0.403. The molecule has 11 heteroatoms. The van der Waals surface area contributed by atoms with Crippen molar-refractivity contribution in [2.45, 2.75) is 6.54 Å². The normalized spacial score (nSPS) is 10.7. The minimum Gasteiger partial charge on any atom is -0.465 e. The number of amides is 1. The van der Waals surface area contributed by atoms with Crippen molar-refractivity contribution in [1.29, 1.82) is 0 Å². The molecule has 2 heterocycles. The zero-order valence-corrected chi connectivity index (χ0v) is 14.8. The van der Waals surface area contributed by atoms with Gasteiger partial charge in [-0.1, -0.05) is 11.6 Å². The Balaban J connectivity index is 1.76. The average molecular weight is 395 g/mol. The summed E-state index contributed by atoms with van der Waals surface area (Å²) in [5, 5.41) is 17.9. The number of esters is 1. The molecule has 0 saturated carbocycles. The van der Waals surface area contributed by atoms with E-state index in [1.165, 1.54) is 24.1 Å². The minimum absolute atomic E-state index is 0.176. The number of aromatic nitrogens is 2. The van der Waals surface area contributed by atoms with Crippen LogP contribution in [-0.2, 0) is 16.1 Å². The maximum absolute atomic E-state index is 12.1. The van der Waals surface area contributed by atoms with E-state index >= 15 is 0 Å². The first-order valence-electron chi connectivity index (χ1n) is 7.17. The van der Waals surface area contributed by atoms with Gasteiger partial charge < -0.3 is 20.2 Å². The molecule has 2 aromatic heterocycles. The van der Waals surface area contributed by atoms with Gasteiger partial charge in [-0.25, -0.2) is 4.79 Å². The lowest BCUT2D eigenvalue weighted by molar-refractivity contribution is -0.389. The SMILES string of the molecule is COC(=O)c1sc2cc(NC(=O)Cn3ccc([N+](=O)[O-])n3)ccc2c1Cl. The summed E-state index contributed by atoms with van der Waals surface area (Å²) < 4.78 is 6.57. The molecule has 3 rings (SSSR count). The highest BCUT2D eigenvalue weighted by Gasteiger charge is 2.18. The third-order valence-electron chi connectivity index (χ3n) is 3.40. The molecule has 134 valence electrons. The lowest BCUT2D eigenvalue weighted by Crippen LogP contribution is -2.19. The third-order valence-corrected chi connectivity index (χ3v) is 5.04. The van der Waals surface area contributed by atoms with Gasteiger partial charge in [0, 0.05) is 15.8 Å². The topological polar surface area (TPSA) is 116 Å². The molecule has 0 saturated heterocycles. The zero-order chi connectivity index (χ0) is 18.8. The van der Waals surface area contributed by atoms with Crippen LogP contribution in [0.5, 0.6) is 0 Å². The average Bonchev–Trinajstić information content (AvgIpc) is 3.19. The molecule has 1 N–H and O–H groups in total. The second-order valence-electron chi connectivity index (χ2n) is 5.12. The maximum atomic E-state index is 12.1. The van der Waals surface area contributed by atoms with Crippen LogP contribution in [0, 0.1) is 10.1 Å². The van der Waals surface area contributed by atoms with Crippen LogP contribution in [0.1, 0.15) is 9.67 Å². The number of halogens is 1. The van der Waals surface area contributed by atoms with Gasteiger partial charge in [0.1, 0.15) is 11.4 Å². The number of thiophene rings is 1. The zero-order valence-electron chi connectivity index (χ0n) is 13.3. The summed E-state index contributed by atoms with van der Waals surface area (Å²) in [5.41, 5.74) is 0.499. The van der Waals surface area contributed by atoms with Gasteiger partial charge in [0.05, 0.1) is 29.5 Å². The van der Waals surface area contributed by atoms with Crippen LogP contribution in [0.4, 0.5) is 11.5 Å². The number of methoxy groups -OCH3 is 1. The first-order chi connectivity index (χ1) is 12.4. The number of nitrogens with one attached hydrogen (secondary N) is 1. The molecule has 0 spiro atoms. The number of ether oxygens (including phenoxy) is 1. The molecule has 0 fully saturated rings. The number of benzene rings is 1. The van der Waals surface area contributed by atoms with Gasteiger partial charge in [-0.3, -0.25) is 4.79 Å². The summed E-state index contributed by atoms with van der Waals surface area (Å²) >= 11 is 7.34. The first-order valence-corrected chi connectivity index (χ1v) is 8.36. The summed E-state index contributed by atoms with van der Waals surface area (Å²) in [7, 11) is 1.27. The van der Waals surface area contributed by atoms with Gasteiger partial charge in [0.25, 0.3) is 0 Å². The van der Waals surface area contributed by atoms with Gasteiger partial charge in [0.15, 0.2) is 0 Å². The predicted molar refractivity (Wildman–Crippen MR) is 95.7 cm³/mol. The summed E-state index contributed by atoms with van der Waals surface area (Å²) in [4.78, 5) is 34.0. The highest BCUT2D eigenvalue weighted by molar-refractivity contribution is 7.21. The van der Waals surface area contributed by atoms with E-state index in [1.54, 1.807) is 18.2 Å². The fraction of sp³-hybridized carbons (Fsp3) is 0.133. The molecule has 0 bridgehead atoms. The highest BCUT2D eigenvalue weighted by atomic mass is 35.5. The van der Waals surface area contributed by atoms with E-state index in [4.69, 9.17) is 11.6 Å². The Morgan fingerprint density at radius 1 is 1.42 bits per heavy atom. The van der Waals surface area contributed by atoms with Crippen molar-refractivity contribution in [3.8, 4) is 0 Å². The van der Waals surface area contributed by atoms with Crippen LogP contribution in [0.2, 0.25) is 5.02 Å². The van der Waals surface area contributed by atoms with Gasteiger partial charge in [-0.05, 0) is 23.1 Å². The second kappa shape index (κ2) is 7.10. The fourth-order valence-corrected chi connectivity index (χ4v) is 3.72. The molecular weight excluding hydrogens is 384 g/mol. The molecule has 1 aromatic carbocycles. The van der Waals surface area contributed by atoms with E-state index in [9.17, 15) is 19.7 Å². The van der Waals surface area contributed by atoms with Crippen molar-refractivity contribution in [2.75, 3.05) is 12.4 Å². The molecule has 0 aliphatic heterocycles. The van der Waals surface area contributed by atoms with Crippen molar-refractivity contribution in [3.63, 3.8) is 0 Å². The molecule has 0 radical (unpaired) electrons. The smallest absolute Gasteiger partial charge is 0.389 e. The number of fused-ring (bicyclic) bond motifs is 1. The Bertz CT molecular complexity index is 1030. The Kier molecular flexibility index (Phi) is 4.87. The summed E-state index contributed by atoms with van der Waals surface area (Å²) in [6.45, 7) is -0.176. The highest BCUT2D eigenvalue weighted by Crippen LogP contribution is 2.37. The lowest BCUT2D eigenvalue weighted by atomic mass is 10.2. The molecule has 0 aliphatic rings. The van der Waals surface area contributed by atoms with Crippen molar-refractivity contribution in [3.05, 3.63) is 50.5 Å². The largest absolute Gasteiger partial charge is 0.465 e. The van der Waals surface area contributed by atoms with E-state index in [0.29, 0.717) is 20.8 Å². The Morgan fingerprint density at radius 2 is 2.19 bits per heavy atom. The number of anilines is 1. The van der Waals surface area contributed by atoms with Gasteiger partial charge in [-0.2, -0.15) is 4.68 Å². The van der Waals surface area contributed by atoms with Crippen LogP contribution in [0.25, 0.3) is 10.1 Å². The lowest BCUT2D eigenvalue weighted by Gasteiger charge is -2.04. The summed E-state index contributed by atoms with van der Waals surface area (Å²) in [6, 6.07) is 6.23. The molecule has 0 unspecified atom stereocenters. The molecule has 0 atom stereocenters. The monoisotopic (exact) mass is 394 g/mol. The molecule has 26 heavy (non-hydrogen) atoms. The van der Waals surface area contributed by atoms with Crippen molar-refractivity contribution in [2.24, 2.45) is 0 Å². The van der Waals surface area contributed by atoms with E-state index in [0.717, 1.165) is 11.3 Å². The molecule has 1 amide bonds. The Morgan fingerprint density at radius 3 is 2.85 bits per heavy atom. The number of rotatable bonds is 5. The van der Waals surface area contributed by atoms with Crippen LogP contribution in [0.3, 0.4) is 0 Å². The van der Waals surface area contributed by atoms with Crippen molar-refractivity contribution >= 4 is 56.4 Å². The number of nitro groups is 1. The molecule has 0 aliphatic carbocycles. The number of carbonyl (C=O) groups excluding carboxylic acids is 2. The van der Waals surface area contributed by atoms with Crippen molar-refractivity contribution in [1.82, 2.24) is 9.78 Å². The Labute approximate surface area is 155 Å². The molecule has 3 aromatic rings. The summed E-state index contributed by atoms with van der Waals surface area (Å²) in [6.07, 6.45) is 1.35. The van der Waals surface area contributed by atoms with Crippen LogP contribution in [-0.4, -0.2) is 33.7 Å². The van der Waals surface area contributed by atoms with Gasteiger partial charge >= 0.3 is 11.8 Å². The number of hydrogen-bond acceptors (Lipinski definition) is 7. The predicted octanol–water partition coefficient (Wildman–Crippen LogP) is 3.08. The van der Waals surface area contributed by atoms with E-state index in [1.807, 2.05) is 0 Å². The second-order valence-corrected chi connectivity index (χ2v) is 6.55. The molecule has 9 nitrogen and oxygen atoms in total. The number of hydrogen-bond donors (Lipinski definition) is 1. The van der Waals surface area contributed by atoms with Crippen LogP contribution in [0.15, 0.2) is 30.5 Å². The standard InChI is InChI=1S/C15H11ClN4O5S/c1-25-15(22)14-13(16)9-3-2-8(6-10(9)26-14)17-12(21)7-19-5-4-11(18-19)20(23)24/h2-6H,7H2,1H3,(H,17,21). The number of carbonyl (C=O) groups is 2. The van der Waals surface area contributed by atoms with Gasteiger partial charge in [-0.15, -0.1) is 11.3 Å². The van der Waals surface area contributed by atoms with Crippen molar-refractivity contribution < 1.29 is 19.2 Å². The number of nitrogens with zero attached hydrogens (tertiary/aromatic N) is 3. The fourth-order valence-electron chi connectivity index (χ4n) is 2.25. The van der Waals surface area contributed by atoms with E-state index < -0.39 is 16.8 Å². The molecular formula is C15H11ClN4O5S. The van der Waals surface area contributed by atoms with Gasteiger partial charge in [0.2, 0.25) is 5.91 Å².